The lowest BCUT2D eigenvalue weighted by Gasteiger charge is -2.35. The number of carbonyl (C=O) groups is 2. The normalized spacial score (nSPS) is 14.9. The number of aromatic nitrogens is 2. The van der Waals surface area contributed by atoms with Gasteiger partial charge in [0, 0.05) is 45.3 Å². The average molecular weight is 619 g/mol. The molecular weight excluding hydrogens is 577 g/mol. The molecule has 0 unspecified atom stereocenters. The monoisotopic (exact) mass is 618 g/mol. The van der Waals surface area contributed by atoms with Crippen LogP contribution in [0.5, 0.6) is 5.75 Å². The van der Waals surface area contributed by atoms with Crippen LogP contribution in [0.2, 0.25) is 0 Å². The van der Waals surface area contributed by atoms with E-state index >= 15 is 0 Å². The van der Waals surface area contributed by atoms with Gasteiger partial charge >= 0.3 is 6.18 Å². The van der Waals surface area contributed by atoms with Crippen LogP contribution < -0.4 is 15.8 Å². The highest BCUT2D eigenvalue weighted by atomic mass is 19.4. The summed E-state index contributed by atoms with van der Waals surface area (Å²) in [6, 6.07) is 16.4. The summed E-state index contributed by atoms with van der Waals surface area (Å²) in [5.74, 6) is 0.150. The van der Waals surface area contributed by atoms with Crippen LogP contribution in [-0.4, -0.2) is 88.5 Å². The fraction of sp³-hybridized carbons (Fsp3) is 0.452. The highest BCUT2D eigenvalue weighted by Gasteiger charge is 2.30. The molecule has 1 aromatic heterocycles. The number of hydrogen-bond acceptors (Lipinski definition) is 7. The van der Waals surface area contributed by atoms with Gasteiger partial charge in [-0.2, -0.15) is 18.3 Å². The Balaban J connectivity index is 0.00000124. The lowest BCUT2D eigenvalue weighted by molar-refractivity contribution is -0.137. The van der Waals surface area contributed by atoms with Crippen molar-refractivity contribution in [2.24, 2.45) is 5.73 Å². The van der Waals surface area contributed by atoms with Crippen molar-refractivity contribution < 1.29 is 32.6 Å². The van der Waals surface area contributed by atoms with E-state index in [1.54, 1.807) is 0 Å². The van der Waals surface area contributed by atoms with Crippen LogP contribution in [0.25, 0.3) is 5.69 Å². The van der Waals surface area contributed by atoms with E-state index in [2.05, 4.69) is 34.7 Å². The summed E-state index contributed by atoms with van der Waals surface area (Å²) >= 11 is 0. The van der Waals surface area contributed by atoms with E-state index in [1.165, 1.54) is 19.1 Å². The van der Waals surface area contributed by atoms with Crippen LogP contribution in [0.1, 0.15) is 43.6 Å². The summed E-state index contributed by atoms with van der Waals surface area (Å²) in [6.45, 7) is 9.25. The Morgan fingerprint density at radius 1 is 1.02 bits per heavy atom. The van der Waals surface area contributed by atoms with Crippen molar-refractivity contribution in [3.05, 3.63) is 77.6 Å². The first-order valence-corrected chi connectivity index (χ1v) is 14.4. The summed E-state index contributed by atoms with van der Waals surface area (Å²) in [5, 5.41) is 18.0. The topological polar surface area (TPSA) is 126 Å². The Morgan fingerprint density at radius 3 is 2.18 bits per heavy atom. The highest BCUT2D eigenvalue weighted by molar-refractivity contribution is 5.78. The minimum Gasteiger partial charge on any atom is -0.491 e. The van der Waals surface area contributed by atoms with E-state index in [9.17, 15) is 27.9 Å². The van der Waals surface area contributed by atoms with Gasteiger partial charge < -0.3 is 20.9 Å². The van der Waals surface area contributed by atoms with Gasteiger partial charge in [-0.15, -0.1) is 0 Å². The number of aliphatic hydroxyl groups is 1. The van der Waals surface area contributed by atoms with Gasteiger partial charge in [-0.05, 0) is 48.4 Å². The van der Waals surface area contributed by atoms with Crippen LogP contribution in [0.15, 0.2) is 60.7 Å². The maximum atomic E-state index is 12.7. The third-order valence-corrected chi connectivity index (χ3v) is 6.77. The highest BCUT2D eigenvalue weighted by Crippen LogP contribution is 2.30. The van der Waals surface area contributed by atoms with Gasteiger partial charge in [-0.25, -0.2) is 4.68 Å². The molecule has 0 bridgehead atoms. The maximum absolute atomic E-state index is 12.7. The smallest absolute Gasteiger partial charge is 0.416 e. The molecule has 2 aromatic carbocycles. The van der Waals surface area contributed by atoms with E-state index in [0.717, 1.165) is 29.2 Å². The molecule has 3 aromatic rings. The number of piperazine rings is 1. The number of aliphatic hydroxyl groups excluding tert-OH is 1. The number of amides is 2. The summed E-state index contributed by atoms with van der Waals surface area (Å²) in [4.78, 5) is 26.0. The second kappa shape index (κ2) is 16.2. The van der Waals surface area contributed by atoms with Crippen molar-refractivity contribution in [2.75, 3.05) is 45.9 Å². The first-order valence-electron chi connectivity index (χ1n) is 14.4. The molecule has 1 aliphatic rings. The van der Waals surface area contributed by atoms with Crippen molar-refractivity contribution in [3.8, 4) is 11.4 Å². The van der Waals surface area contributed by atoms with Gasteiger partial charge in [0.1, 0.15) is 18.5 Å². The quantitative estimate of drug-likeness (QED) is 0.302. The molecule has 2 amide bonds. The third kappa shape index (κ3) is 11.3. The molecule has 0 saturated carbocycles. The fourth-order valence-corrected chi connectivity index (χ4v) is 4.58. The van der Waals surface area contributed by atoms with E-state index in [0.29, 0.717) is 39.3 Å². The predicted octanol–water partition coefficient (Wildman–Crippen LogP) is 3.18. The van der Waals surface area contributed by atoms with Crippen molar-refractivity contribution in [3.63, 3.8) is 0 Å². The van der Waals surface area contributed by atoms with Crippen LogP contribution in [0, 0.1) is 0 Å². The van der Waals surface area contributed by atoms with Crippen molar-refractivity contribution in [1.29, 1.82) is 0 Å². The van der Waals surface area contributed by atoms with Crippen molar-refractivity contribution in [1.82, 2.24) is 24.9 Å². The summed E-state index contributed by atoms with van der Waals surface area (Å²) in [6.07, 6.45) is -5.19. The summed E-state index contributed by atoms with van der Waals surface area (Å²) in [5.41, 5.74) is 6.60. The van der Waals surface area contributed by atoms with E-state index < -0.39 is 17.8 Å². The van der Waals surface area contributed by atoms with Crippen LogP contribution >= 0.6 is 0 Å². The number of nitrogens with zero attached hydrogens (tertiary/aromatic N) is 4. The van der Waals surface area contributed by atoms with Crippen LogP contribution in [0.3, 0.4) is 0 Å². The lowest BCUT2D eigenvalue weighted by Crippen LogP contribution is -2.51. The largest absolute Gasteiger partial charge is 0.491 e. The van der Waals surface area contributed by atoms with E-state index in [4.69, 9.17) is 9.84 Å². The molecule has 2 heterocycles. The van der Waals surface area contributed by atoms with Gasteiger partial charge in [-0.3, -0.25) is 19.4 Å². The number of halogens is 3. The number of primary amides is 1. The lowest BCUT2D eigenvalue weighted by atomic mass is 10.1. The zero-order chi connectivity index (χ0) is 32.3. The molecule has 44 heavy (non-hydrogen) atoms. The standard InChI is InChI=1S/C29H36F3N5O3.C2H5NO/c1-21(2)27-16-23(34-37(27)24-6-4-3-5-7-24)17-33-28(39)19-36-14-12-35(13-15-36)18-25(38)20-40-26-10-8-22(9-11-26)29(30,31)32;1-2(3)4/h3-11,16,21,25,38H,12-15,17-20H2,1-2H3,(H,33,39);1H3,(H2,3,4)/t25-;/m1./s1. The maximum Gasteiger partial charge on any atom is 0.416 e. The van der Waals surface area contributed by atoms with Crippen molar-refractivity contribution in [2.45, 2.75) is 45.5 Å². The summed E-state index contributed by atoms with van der Waals surface area (Å²) < 4.78 is 45.4. The Labute approximate surface area is 255 Å². The number of nitrogens with two attached hydrogens (primary N) is 1. The summed E-state index contributed by atoms with van der Waals surface area (Å²) in [7, 11) is 0. The number of rotatable bonds is 11. The number of nitrogens with one attached hydrogen (secondary N) is 1. The molecule has 1 aliphatic heterocycles. The first-order chi connectivity index (χ1) is 20.8. The molecule has 1 saturated heterocycles. The van der Waals surface area contributed by atoms with Gasteiger partial charge in [0.25, 0.3) is 0 Å². The molecule has 0 spiro atoms. The van der Waals surface area contributed by atoms with E-state index in [1.807, 2.05) is 41.1 Å². The average Bonchev–Trinajstić information content (AvgIpc) is 3.41. The van der Waals surface area contributed by atoms with Gasteiger partial charge in [0.15, 0.2) is 0 Å². The molecule has 240 valence electrons. The SMILES string of the molecule is CC(C)c1cc(CNC(=O)CN2CCN(C[C@@H](O)COc3ccc(C(F)(F)F)cc3)CC2)nn1-c1ccccc1.CC(N)=O. The van der Waals surface area contributed by atoms with Gasteiger partial charge in [0.05, 0.1) is 30.0 Å². The molecule has 0 aliphatic carbocycles. The van der Waals surface area contributed by atoms with Gasteiger partial charge in [-0.1, -0.05) is 32.0 Å². The second-order valence-corrected chi connectivity index (χ2v) is 10.9. The molecule has 1 fully saturated rings. The number of hydrogen-bond donors (Lipinski definition) is 3. The van der Waals surface area contributed by atoms with E-state index in [-0.39, 0.29) is 36.6 Å². The molecule has 4 N–H and O–H groups in total. The Hall–Kier alpha value is -3.94. The molecule has 13 heteroatoms. The molecular formula is C31H41F3N6O4. The first kappa shape index (κ1) is 34.5. The van der Waals surface area contributed by atoms with Crippen LogP contribution in [-0.2, 0) is 22.3 Å². The predicted molar refractivity (Wildman–Crippen MR) is 160 cm³/mol. The number of carbonyl (C=O) groups excluding carboxylic acids is 2. The number of alkyl halides is 3. The van der Waals surface area contributed by atoms with Gasteiger partial charge in [0.2, 0.25) is 11.8 Å². The molecule has 0 radical (unpaired) electrons. The Bertz CT molecular complexity index is 1320. The zero-order valence-electron chi connectivity index (χ0n) is 25.3. The minimum absolute atomic E-state index is 0.0213. The number of β-amino-alcohol motifs (C(OH)–C–C–N with tert-alkyl or cyclic N) is 1. The number of ether oxygens (including phenoxy) is 1. The number of benzene rings is 2. The number of para-hydroxylation sites is 1. The minimum atomic E-state index is -4.40. The fourth-order valence-electron chi connectivity index (χ4n) is 4.58. The van der Waals surface area contributed by atoms with Crippen LogP contribution in [0.4, 0.5) is 13.2 Å². The Morgan fingerprint density at radius 2 is 1.61 bits per heavy atom. The molecule has 4 rings (SSSR count). The molecule has 1 atom stereocenters. The van der Waals surface area contributed by atoms with Crippen molar-refractivity contribution >= 4 is 11.8 Å². The molecule has 10 nitrogen and oxygen atoms in total. The third-order valence-electron chi connectivity index (χ3n) is 6.77. The zero-order valence-corrected chi connectivity index (χ0v) is 25.3. The Kier molecular flexibility index (Phi) is 12.7. The second-order valence-electron chi connectivity index (χ2n) is 10.9.